The van der Waals surface area contributed by atoms with E-state index < -0.39 is 11.6 Å². The molecule has 0 atom stereocenters. The maximum atomic E-state index is 13.8. The second-order valence-corrected chi connectivity index (χ2v) is 5.11. The van der Waals surface area contributed by atoms with Crippen LogP contribution in [-0.2, 0) is 0 Å². The Kier molecular flexibility index (Phi) is 3.35. The normalized spacial score (nSPS) is 10.9. The Labute approximate surface area is 135 Å². The van der Waals surface area contributed by atoms with E-state index in [1.165, 1.54) is 18.2 Å². The Hall–Kier alpha value is -3.41. The van der Waals surface area contributed by atoms with Crippen molar-refractivity contribution in [2.75, 3.05) is 0 Å². The summed E-state index contributed by atoms with van der Waals surface area (Å²) in [5.74, 6) is -0.934. The minimum Gasteiger partial charge on any atom is -0.410 e. The molecule has 4 rings (SSSR count). The molecule has 3 aromatic carbocycles. The van der Waals surface area contributed by atoms with Crippen LogP contribution in [0.4, 0.5) is 4.39 Å². The number of hydrogen-bond acceptors (Lipinski definition) is 4. The zero-order chi connectivity index (χ0) is 16.5. The molecule has 0 aliphatic carbocycles. The van der Waals surface area contributed by atoms with E-state index in [-0.39, 0.29) is 11.8 Å². The highest BCUT2D eigenvalue weighted by Crippen LogP contribution is 2.24. The maximum absolute atomic E-state index is 13.8. The van der Waals surface area contributed by atoms with Crippen molar-refractivity contribution in [3.63, 3.8) is 0 Å². The fourth-order valence-corrected chi connectivity index (χ4v) is 2.41. The maximum Gasteiger partial charge on any atom is 0.444 e. The summed E-state index contributed by atoms with van der Waals surface area (Å²) in [7, 11) is 0. The highest BCUT2D eigenvalue weighted by molar-refractivity contribution is 5.83. The Morgan fingerprint density at radius 2 is 1.71 bits per heavy atom. The first-order valence-electron chi connectivity index (χ1n) is 7.22. The van der Waals surface area contributed by atoms with Crippen molar-refractivity contribution >= 4 is 10.8 Å². The van der Waals surface area contributed by atoms with Crippen molar-refractivity contribution in [2.45, 2.75) is 0 Å². The van der Waals surface area contributed by atoms with Crippen LogP contribution in [-0.4, -0.2) is 9.78 Å². The average Bonchev–Trinajstić information content (AvgIpc) is 2.95. The van der Waals surface area contributed by atoms with Gasteiger partial charge in [0.2, 0.25) is 0 Å². The number of benzene rings is 3. The predicted octanol–water partition coefficient (Wildman–Crippen LogP) is 3.91. The fourth-order valence-electron chi connectivity index (χ4n) is 2.41. The van der Waals surface area contributed by atoms with Gasteiger partial charge in [0.05, 0.1) is 0 Å². The molecule has 24 heavy (non-hydrogen) atoms. The van der Waals surface area contributed by atoms with E-state index in [9.17, 15) is 9.18 Å². The zero-order valence-electron chi connectivity index (χ0n) is 12.3. The van der Waals surface area contributed by atoms with E-state index in [0.717, 1.165) is 15.5 Å². The molecule has 0 fully saturated rings. The van der Waals surface area contributed by atoms with Gasteiger partial charge < -0.3 is 9.15 Å². The summed E-state index contributed by atoms with van der Waals surface area (Å²) in [4.78, 5) is 11.9. The Morgan fingerprint density at radius 1 is 0.958 bits per heavy atom. The zero-order valence-corrected chi connectivity index (χ0v) is 12.3. The summed E-state index contributed by atoms with van der Waals surface area (Å²) in [6.07, 6.45) is -0.251. The lowest BCUT2D eigenvalue weighted by Crippen LogP contribution is -2.14. The summed E-state index contributed by atoms with van der Waals surface area (Å²) in [6.45, 7) is 0. The third kappa shape index (κ3) is 2.54. The Balaban J connectivity index is 1.69. The molecule has 0 unspecified atom stereocenters. The molecule has 4 aromatic rings. The second kappa shape index (κ2) is 5.66. The van der Waals surface area contributed by atoms with Gasteiger partial charge in [-0.2, -0.15) is 4.68 Å². The summed E-state index contributed by atoms with van der Waals surface area (Å²) in [6, 6.07) is 19.0. The average molecular weight is 322 g/mol. The standard InChI is InChI=1S/C18H11FN2O3/c19-15-7-3-4-8-16(15)21-18(22)24-17(20-21)23-14-10-9-12-5-1-2-6-13(12)11-14/h1-11H. The molecule has 118 valence electrons. The fraction of sp³-hybridized carbons (Fsp3) is 0. The molecule has 0 spiro atoms. The van der Waals surface area contributed by atoms with Crippen LogP contribution in [0.15, 0.2) is 75.9 Å². The number of rotatable bonds is 3. The highest BCUT2D eigenvalue weighted by Gasteiger charge is 2.14. The molecule has 0 bridgehead atoms. The van der Waals surface area contributed by atoms with Crippen LogP contribution in [0.2, 0.25) is 0 Å². The number of nitrogens with zero attached hydrogens (tertiary/aromatic N) is 2. The molecular formula is C18H11FN2O3. The van der Waals surface area contributed by atoms with Gasteiger partial charge in [0.25, 0.3) is 0 Å². The van der Waals surface area contributed by atoms with Gasteiger partial charge in [-0.1, -0.05) is 47.6 Å². The van der Waals surface area contributed by atoms with Crippen LogP contribution in [0.1, 0.15) is 0 Å². The molecule has 0 N–H and O–H groups in total. The van der Waals surface area contributed by atoms with E-state index in [1.54, 1.807) is 18.2 Å². The first kappa shape index (κ1) is 14.2. The van der Waals surface area contributed by atoms with Gasteiger partial charge in [0.1, 0.15) is 17.3 Å². The second-order valence-electron chi connectivity index (χ2n) is 5.11. The Morgan fingerprint density at radius 3 is 2.54 bits per heavy atom. The quantitative estimate of drug-likeness (QED) is 0.574. The summed E-state index contributed by atoms with van der Waals surface area (Å²) in [5.41, 5.74) is -0.000360. The SMILES string of the molecule is O=c1oc(Oc2ccc3ccccc3c2)nn1-c1ccccc1F. The molecule has 0 saturated carbocycles. The monoisotopic (exact) mass is 322 g/mol. The number of halogens is 1. The van der Waals surface area contributed by atoms with E-state index in [1.807, 2.05) is 30.3 Å². The highest BCUT2D eigenvalue weighted by atomic mass is 19.1. The lowest BCUT2D eigenvalue weighted by atomic mass is 10.1. The molecule has 1 heterocycles. The molecule has 0 aliphatic rings. The summed E-state index contributed by atoms with van der Waals surface area (Å²) in [5, 5.41) is 5.93. The largest absolute Gasteiger partial charge is 0.444 e. The predicted molar refractivity (Wildman–Crippen MR) is 86.1 cm³/mol. The molecule has 0 amide bonds. The van der Waals surface area contributed by atoms with Crippen molar-refractivity contribution in [3.05, 3.63) is 83.1 Å². The number of para-hydroxylation sites is 1. The molecule has 6 heteroatoms. The number of aromatic nitrogens is 2. The number of hydrogen-bond donors (Lipinski definition) is 0. The van der Waals surface area contributed by atoms with Crippen LogP contribution in [0.25, 0.3) is 16.5 Å². The van der Waals surface area contributed by atoms with E-state index in [4.69, 9.17) is 9.15 Å². The summed E-state index contributed by atoms with van der Waals surface area (Å²) < 4.78 is 25.0. The molecule has 0 aliphatic heterocycles. The van der Waals surface area contributed by atoms with Crippen LogP contribution in [0.5, 0.6) is 11.8 Å². The topological polar surface area (TPSA) is 57.3 Å². The smallest absolute Gasteiger partial charge is 0.410 e. The van der Waals surface area contributed by atoms with E-state index >= 15 is 0 Å². The van der Waals surface area contributed by atoms with Crippen molar-refractivity contribution in [3.8, 4) is 17.5 Å². The van der Waals surface area contributed by atoms with Crippen LogP contribution >= 0.6 is 0 Å². The van der Waals surface area contributed by atoms with Gasteiger partial charge in [0.15, 0.2) is 0 Å². The van der Waals surface area contributed by atoms with Gasteiger partial charge in [-0.15, -0.1) is 0 Å². The van der Waals surface area contributed by atoms with E-state index in [2.05, 4.69) is 5.10 Å². The minimum absolute atomic E-state index is 0.000360. The molecule has 0 saturated heterocycles. The minimum atomic E-state index is -0.823. The van der Waals surface area contributed by atoms with Gasteiger partial charge in [-0.3, -0.25) is 0 Å². The third-order valence-corrected chi connectivity index (χ3v) is 3.54. The lowest BCUT2D eigenvalue weighted by Gasteiger charge is -2.02. The van der Waals surface area contributed by atoms with Gasteiger partial charge >= 0.3 is 11.8 Å². The first-order valence-corrected chi connectivity index (χ1v) is 7.22. The van der Waals surface area contributed by atoms with Crippen molar-refractivity contribution < 1.29 is 13.5 Å². The van der Waals surface area contributed by atoms with Crippen molar-refractivity contribution in [2.24, 2.45) is 0 Å². The van der Waals surface area contributed by atoms with Crippen LogP contribution < -0.4 is 10.5 Å². The number of fused-ring (bicyclic) bond motifs is 1. The lowest BCUT2D eigenvalue weighted by molar-refractivity contribution is 0.320. The third-order valence-electron chi connectivity index (χ3n) is 3.54. The molecule has 1 aromatic heterocycles. The molecule has 5 nitrogen and oxygen atoms in total. The van der Waals surface area contributed by atoms with E-state index in [0.29, 0.717) is 5.75 Å². The Bertz CT molecular complexity index is 1080. The number of ether oxygens (including phenoxy) is 1. The van der Waals surface area contributed by atoms with Gasteiger partial charge in [-0.05, 0) is 35.0 Å². The van der Waals surface area contributed by atoms with Crippen LogP contribution in [0.3, 0.4) is 0 Å². The van der Waals surface area contributed by atoms with Crippen molar-refractivity contribution in [1.29, 1.82) is 0 Å². The van der Waals surface area contributed by atoms with Crippen molar-refractivity contribution in [1.82, 2.24) is 9.78 Å². The summed E-state index contributed by atoms with van der Waals surface area (Å²) >= 11 is 0. The molecule has 0 radical (unpaired) electrons. The first-order chi connectivity index (χ1) is 11.7. The molecular weight excluding hydrogens is 311 g/mol. The van der Waals surface area contributed by atoms with Crippen LogP contribution in [0, 0.1) is 5.82 Å². The van der Waals surface area contributed by atoms with Gasteiger partial charge in [-0.25, -0.2) is 9.18 Å². The van der Waals surface area contributed by atoms with Gasteiger partial charge in [0, 0.05) is 0 Å².